The summed E-state index contributed by atoms with van der Waals surface area (Å²) in [5.74, 6) is 0.718. The van der Waals surface area contributed by atoms with E-state index in [2.05, 4.69) is 43.7 Å². The molecular weight excluding hydrogens is 719 g/mol. The van der Waals surface area contributed by atoms with Crippen LogP contribution in [0.2, 0.25) is 11.1 Å². The third kappa shape index (κ3) is 19.5. The highest BCUT2D eigenvalue weighted by Crippen LogP contribution is 2.35. The Morgan fingerprint density at radius 3 is 1.24 bits per heavy atom. The Bertz CT molecular complexity index is 1010. The number of azide groups is 1. The molecule has 1 heterocycles. The van der Waals surface area contributed by atoms with Crippen LogP contribution in [0.1, 0.15) is 171 Å². The second-order valence-electron chi connectivity index (χ2n) is 13.8. The molecule has 0 aliphatic carbocycles. The summed E-state index contributed by atoms with van der Waals surface area (Å²) in [6, 6.07) is 0. The minimum atomic E-state index is -2.65. The Morgan fingerprint density at radius 2 is 0.907 bits per heavy atom. The summed E-state index contributed by atoms with van der Waals surface area (Å²) in [6.07, 6.45) is 22.4. The molecule has 0 fully saturated rings. The van der Waals surface area contributed by atoms with E-state index in [1.54, 1.807) is 0 Å². The van der Waals surface area contributed by atoms with Gasteiger partial charge < -0.3 is 31.5 Å². The summed E-state index contributed by atoms with van der Waals surface area (Å²) in [6.45, 7) is 22.2. The molecule has 0 saturated carbocycles. The Kier molecular flexibility index (Phi) is 30.2. The third-order valence-electron chi connectivity index (χ3n) is 9.98. The quantitative estimate of drug-likeness (QED) is 0.0208. The molecule has 314 valence electrons. The van der Waals surface area contributed by atoms with Gasteiger partial charge in [-0.3, -0.25) is 0 Å². The molecule has 2 unspecified atom stereocenters. The number of hydrogen-bond donors (Lipinski definition) is 0. The average molecular weight is 798 g/mol. The van der Waals surface area contributed by atoms with Crippen molar-refractivity contribution in [2.24, 2.45) is 5.11 Å². The Morgan fingerprint density at radius 1 is 0.556 bits per heavy atom. The van der Waals surface area contributed by atoms with E-state index in [1.807, 2.05) is 41.5 Å². The van der Waals surface area contributed by atoms with Gasteiger partial charge in [-0.2, -0.15) is 4.98 Å². The van der Waals surface area contributed by atoms with Crippen LogP contribution in [-0.2, 0) is 26.6 Å². The lowest BCUT2D eigenvalue weighted by Gasteiger charge is -2.35. The van der Waals surface area contributed by atoms with E-state index in [0.29, 0.717) is 56.7 Å². The van der Waals surface area contributed by atoms with Gasteiger partial charge >= 0.3 is 17.6 Å². The minimum Gasteiger partial charge on any atom is -0.374 e. The predicted molar refractivity (Wildman–Crippen MR) is 224 cm³/mol. The molecule has 0 saturated heterocycles. The highest BCUT2D eigenvalue weighted by atomic mass is 28.4. The van der Waals surface area contributed by atoms with Crippen LogP contribution in [0.5, 0.6) is 0 Å². The highest BCUT2D eigenvalue weighted by molar-refractivity contribution is 6.62. The molecule has 1 aromatic rings. The van der Waals surface area contributed by atoms with Gasteiger partial charge in [-0.1, -0.05) is 90.9 Å². The second-order valence-corrected chi connectivity index (χ2v) is 19.6. The standard InChI is InChI=1S/C39H79N7O6Si2/c1-9-36(53(47-11-3,48-12-4)49-13-5)31-27-23-19-17-21-25-29-33-46(39-42-35-41-38(43-39)44-45-40)34-30-26-22-18-20-24-28-32-37(10-2)54(50-14-6,51-15-7)52-16-8/h35-37H,9-34H2,1-8H3. The summed E-state index contributed by atoms with van der Waals surface area (Å²) in [4.78, 5) is 18.0. The number of aromatic nitrogens is 3. The topological polar surface area (TPSA) is 146 Å². The summed E-state index contributed by atoms with van der Waals surface area (Å²) in [5.41, 5.74) is 9.62. The number of rotatable bonds is 38. The lowest BCUT2D eigenvalue weighted by molar-refractivity contribution is 0.0581. The summed E-state index contributed by atoms with van der Waals surface area (Å²) in [5, 5.41) is 3.61. The van der Waals surface area contributed by atoms with Gasteiger partial charge in [0.05, 0.1) is 0 Å². The highest BCUT2D eigenvalue weighted by Gasteiger charge is 2.48. The van der Waals surface area contributed by atoms with Crippen LogP contribution in [0.25, 0.3) is 10.4 Å². The van der Waals surface area contributed by atoms with Crippen molar-refractivity contribution in [1.82, 2.24) is 15.0 Å². The van der Waals surface area contributed by atoms with Crippen LogP contribution in [0, 0.1) is 0 Å². The van der Waals surface area contributed by atoms with Crippen LogP contribution in [-0.4, -0.2) is 85.3 Å². The first-order valence-corrected chi connectivity index (χ1v) is 25.3. The van der Waals surface area contributed by atoms with Gasteiger partial charge in [0, 0.05) is 68.7 Å². The lowest BCUT2D eigenvalue weighted by Crippen LogP contribution is -2.50. The van der Waals surface area contributed by atoms with Crippen LogP contribution in [0.15, 0.2) is 11.4 Å². The van der Waals surface area contributed by atoms with Crippen LogP contribution in [0.4, 0.5) is 11.9 Å². The van der Waals surface area contributed by atoms with Crippen molar-refractivity contribution in [3.05, 3.63) is 16.8 Å². The largest absolute Gasteiger partial charge is 0.504 e. The van der Waals surface area contributed by atoms with E-state index in [1.165, 1.54) is 83.4 Å². The maximum atomic E-state index is 8.90. The summed E-state index contributed by atoms with van der Waals surface area (Å²) >= 11 is 0. The van der Waals surface area contributed by atoms with Crippen molar-refractivity contribution in [3.8, 4) is 0 Å². The van der Waals surface area contributed by atoms with Gasteiger partial charge in [-0.15, -0.1) is 0 Å². The minimum absolute atomic E-state index is 0.121. The fraction of sp³-hybridized carbons (Fsp3) is 0.923. The monoisotopic (exact) mass is 798 g/mol. The Hall–Kier alpha value is -1.69. The average Bonchev–Trinajstić information content (AvgIpc) is 3.16. The third-order valence-corrected chi connectivity index (χ3v) is 17.5. The molecule has 54 heavy (non-hydrogen) atoms. The van der Waals surface area contributed by atoms with Crippen molar-refractivity contribution >= 4 is 29.5 Å². The number of anilines is 1. The molecule has 0 radical (unpaired) electrons. The lowest BCUT2D eigenvalue weighted by atomic mass is 10.1. The van der Waals surface area contributed by atoms with Crippen LogP contribution >= 0.6 is 0 Å². The van der Waals surface area contributed by atoms with Gasteiger partial charge in [-0.05, 0) is 90.7 Å². The van der Waals surface area contributed by atoms with E-state index in [9.17, 15) is 0 Å². The molecule has 0 bridgehead atoms. The first-order valence-electron chi connectivity index (χ1n) is 21.7. The second kappa shape index (κ2) is 32.4. The molecule has 2 atom stereocenters. The molecule has 0 aromatic carbocycles. The zero-order chi connectivity index (χ0) is 39.8. The molecule has 0 N–H and O–H groups in total. The van der Waals surface area contributed by atoms with Crippen molar-refractivity contribution in [1.29, 1.82) is 0 Å². The van der Waals surface area contributed by atoms with E-state index in [4.69, 9.17) is 32.1 Å². The van der Waals surface area contributed by atoms with E-state index in [0.717, 1.165) is 51.6 Å². The zero-order valence-electron chi connectivity index (χ0n) is 35.7. The molecule has 13 nitrogen and oxygen atoms in total. The smallest absolute Gasteiger partial charge is 0.374 e. The molecule has 0 spiro atoms. The van der Waals surface area contributed by atoms with Gasteiger partial charge in [0.1, 0.15) is 6.33 Å². The van der Waals surface area contributed by atoms with Gasteiger partial charge in [-0.25, -0.2) is 9.97 Å². The SMILES string of the molecule is CCO[Si](OCC)(OCC)C(CC)CCCCCCCCCN(CCCCCCCCCC(CC)[Si](OCC)(OCC)OCC)c1ncnc(N=[N+]=[N-])n1. The van der Waals surface area contributed by atoms with Gasteiger partial charge in [0.2, 0.25) is 11.9 Å². The maximum absolute atomic E-state index is 8.90. The van der Waals surface area contributed by atoms with E-state index < -0.39 is 17.6 Å². The molecular formula is C39H79N7O6Si2. The summed E-state index contributed by atoms with van der Waals surface area (Å²) in [7, 11) is -5.30. The Labute approximate surface area is 331 Å². The first kappa shape index (κ1) is 50.3. The summed E-state index contributed by atoms with van der Waals surface area (Å²) < 4.78 is 37.2. The molecule has 1 aromatic heterocycles. The van der Waals surface area contributed by atoms with Gasteiger partial charge in [0.25, 0.3) is 0 Å². The number of unbranched alkanes of at least 4 members (excludes halogenated alkanes) is 12. The Balaban J connectivity index is 2.49. The molecule has 0 aliphatic heterocycles. The molecule has 0 amide bonds. The number of hydrogen-bond acceptors (Lipinski definition) is 11. The fourth-order valence-electron chi connectivity index (χ4n) is 7.41. The maximum Gasteiger partial charge on any atom is 0.504 e. The van der Waals surface area contributed by atoms with Crippen molar-refractivity contribution in [2.75, 3.05) is 57.6 Å². The van der Waals surface area contributed by atoms with Crippen LogP contribution in [0.3, 0.4) is 0 Å². The van der Waals surface area contributed by atoms with Crippen LogP contribution < -0.4 is 4.90 Å². The zero-order valence-corrected chi connectivity index (χ0v) is 37.7. The van der Waals surface area contributed by atoms with E-state index in [-0.39, 0.29) is 5.95 Å². The van der Waals surface area contributed by atoms with E-state index >= 15 is 0 Å². The first-order chi connectivity index (χ1) is 26.4. The predicted octanol–water partition coefficient (Wildman–Crippen LogP) is 11.5. The number of nitrogens with zero attached hydrogens (tertiary/aromatic N) is 7. The molecule has 0 aliphatic rings. The molecule has 1 rings (SSSR count). The molecule has 15 heteroatoms. The van der Waals surface area contributed by atoms with Crippen molar-refractivity contribution in [3.63, 3.8) is 0 Å². The van der Waals surface area contributed by atoms with Crippen molar-refractivity contribution < 1.29 is 26.6 Å². The van der Waals surface area contributed by atoms with Crippen molar-refractivity contribution in [2.45, 2.75) is 182 Å². The fourth-order valence-corrected chi connectivity index (χ4v) is 13.9. The normalized spacial score (nSPS) is 13.2. The van der Waals surface area contributed by atoms with Gasteiger partial charge in [0.15, 0.2) is 0 Å².